The number of ether oxygens (including phenoxy) is 3. The highest BCUT2D eigenvalue weighted by Crippen LogP contribution is 2.44. The second-order valence-corrected chi connectivity index (χ2v) is 15.9. The third-order valence-corrected chi connectivity index (χ3v) is 10.6. The maximum absolute atomic E-state index is 14.1. The monoisotopic (exact) mass is 764 g/mol. The Balaban J connectivity index is 1.37. The predicted octanol–water partition coefficient (Wildman–Crippen LogP) is 3.22. The number of rotatable bonds is 15. The summed E-state index contributed by atoms with van der Waals surface area (Å²) in [6.45, 7) is 6.34. The van der Waals surface area contributed by atoms with Crippen LogP contribution in [0.25, 0.3) is 11.2 Å². The summed E-state index contributed by atoms with van der Waals surface area (Å²) in [5, 5.41) is 17.4. The Kier molecular flexibility index (Phi) is 12.8. The summed E-state index contributed by atoms with van der Waals surface area (Å²) < 4.78 is 38.5. The number of aliphatic hydroxyl groups is 1. The molecular weight excluding hydrogens is 719 g/mol. The van der Waals surface area contributed by atoms with Gasteiger partial charge in [-0.15, -0.1) is 0 Å². The summed E-state index contributed by atoms with van der Waals surface area (Å²) in [4.78, 5) is 53.4. The highest BCUT2D eigenvalue weighted by molar-refractivity contribution is 7.58. The molecule has 1 amide bonds. The number of halogens is 1. The van der Waals surface area contributed by atoms with Crippen molar-refractivity contribution in [2.24, 2.45) is 11.7 Å². The summed E-state index contributed by atoms with van der Waals surface area (Å²) in [5.74, 6) is -2.09. The molecule has 0 radical (unpaired) electrons. The van der Waals surface area contributed by atoms with Crippen LogP contribution >= 0.6 is 19.1 Å². The number of imidazole rings is 1. The van der Waals surface area contributed by atoms with E-state index >= 15 is 0 Å². The minimum Gasteiger partial charge on any atom is -0.461 e. The molecule has 2 aliphatic rings. The fourth-order valence-corrected chi connectivity index (χ4v) is 7.91. The molecule has 3 aromatic rings. The van der Waals surface area contributed by atoms with E-state index in [4.69, 9.17) is 36.1 Å². The molecule has 1 saturated heterocycles. The zero-order chi connectivity index (χ0) is 37.7. The van der Waals surface area contributed by atoms with Gasteiger partial charge < -0.3 is 39.8 Å². The molecule has 2 aromatic heterocycles. The molecule has 5 N–H and O–H groups in total. The Labute approximate surface area is 306 Å². The second kappa shape index (κ2) is 16.9. The van der Waals surface area contributed by atoms with Crippen LogP contribution in [0.5, 0.6) is 5.75 Å². The van der Waals surface area contributed by atoms with Crippen molar-refractivity contribution < 1.29 is 42.8 Å². The van der Waals surface area contributed by atoms with Crippen LogP contribution in [0.1, 0.15) is 59.6 Å². The van der Waals surface area contributed by atoms with E-state index in [1.54, 1.807) is 45.9 Å². The Morgan fingerprint density at radius 2 is 1.83 bits per heavy atom. The van der Waals surface area contributed by atoms with Crippen molar-refractivity contribution in [2.75, 3.05) is 25.1 Å². The SMILES string of the molecule is CC(C)OC(=O)[C@H](N)NP(=O)(CC(=O)N(C)C[C@H]1OC(n2cnc3c(NC4CCCC4)nc(Cl)nc32)[C@H](O)[C@@H]1OC(=O)C(C)C)Oc1ccccc1. The molecule has 17 nitrogen and oxygen atoms in total. The number of hydrogen-bond donors (Lipinski definition) is 4. The number of nitrogens with one attached hydrogen (secondary N) is 2. The van der Waals surface area contributed by atoms with Crippen molar-refractivity contribution in [1.82, 2.24) is 29.5 Å². The van der Waals surface area contributed by atoms with Crippen LogP contribution in [-0.4, -0.2) is 104 Å². The van der Waals surface area contributed by atoms with Gasteiger partial charge in [0, 0.05) is 13.1 Å². The van der Waals surface area contributed by atoms with Gasteiger partial charge in [-0.3, -0.25) is 18.7 Å². The fourth-order valence-electron chi connectivity index (χ4n) is 5.95. The lowest BCUT2D eigenvalue weighted by atomic mass is 10.1. The zero-order valence-corrected chi connectivity index (χ0v) is 31.3. The summed E-state index contributed by atoms with van der Waals surface area (Å²) in [6, 6.07) is 8.30. The predicted molar refractivity (Wildman–Crippen MR) is 190 cm³/mol. The van der Waals surface area contributed by atoms with Gasteiger partial charge in [0.25, 0.3) is 0 Å². The van der Waals surface area contributed by atoms with Crippen molar-refractivity contribution >= 4 is 53.9 Å². The van der Waals surface area contributed by atoms with Crippen molar-refractivity contribution in [3.05, 3.63) is 41.9 Å². The van der Waals surface area contributed by atoms with Crippen LogP contribution < -0.4 is 20.7 Å². The number of esters is 2. The molecule has 52 heavy (non-hydrogen) atoms. The molecule has 5 rings (SSSR count). The fraction of sp³-hybridized carbons (Fsp3) is 0.576. The average molecular weight is 765 g/mol. The molecule has 284 valence electrons. The van der Waals surface area contributed by atoms with Gasteiger partial charge in [0.1, 0.15) is 24.1 Å². The van der Waals surface area contributed by atoms with Crippen molar-refractivity contribution in [3.63, 3.8) is 0 Å². The van der Waals surface area contributed by atoms with Crippen molar-refractivity contribution in [1.29, 1.82) is 0 Å². The van der Waals surface area contributed by atoms with Crippen molar-refractivity contribution in [2.45, 2.75) is 96.2 Å². The first-order valence-corrected chi connectivity index (χ1v) is 19.3. The third-order valence-electron chi connectivity index (χ3n) is 8.56. The van der Waals surface area contributed by atoms with Crippen LogP contribution in [0.2, 0.25) is 5.28 Å². The number of likely N-dealkylation sites (N-methyl/N-ethyl adjacent to an activating group) is 1. The van der Waals surface area contributed by atoms with Gasteiger partial charge in [-0.1, -0.05) is 44.9 Å². The summed E-state index contributed by atoms with van der Waals surface area (Å²) in [5.41, 5.74) is 6.66. The standard InChI is InChI=1S/C33H46ClN8O9P/c1-18(2)31(45)50-26-22(49-30(25(26)44)42-17-36-24-28(37-20-11-9-10-12-20)38-33(34)39-29(24)42)15-41(5)23(43)16-52(47,51-21-13-7-6-8-14-21)40-27(35)32(46)48-19(3)4/h6-8,13-14,17-20,22,25-27,30,44H,9-12,15-16,35H2,1-5H3,(H,40,47)(H,37,38,39)/t22-,25-,26-,27-,30?,52?/m1/s1. The Hall–Kier alpha value is -3.86. The van der Waals surface area contributed by atoms with Gasteiger partial charge >= 0.3 is 19.5 Å². The van der Waals surface area contributed by atoms with Crippen LogP contribution in [-0.2, 0) is 33.2 Å². The third kappa shape index (κ3) is 9.57. The number of nitrogens with two attached hydrogens (primary N) is 1. The Morgan fingerprint density at radius 3 is 2.48 bits per heavy atom. The number of carbonyl (C=O) groups is 3. The van der Waals surface area contributed by atoms with E-state index in [2.05, 4.69) is 25.4 Å². The first-order valence-electron chi connectivity index (χ1n) is 17.2. The number of aromatic nitrogens is 4. The lowest BCUT2D eigenvalue weighted by Crippen LogP contribution is -2.47. The zero-order valence-electron chi connectivity index (χ0n) is 29.7. The molecule has 1 aliphatic carbocycles. The molecular formula is C33H46ClN8O9P. The smallest absolute Gasteiger partial charge is 0.338 e. The van der Waals surface area contributed by atoms with Crippen LogP contribution in [0, 0.1) is 5.92 Å². The van der Waals surface area contributed by atoms with E-state index in [1.165, 1.54) is 35.0 Å². The number of aliphatic hydroxyl groups excluding tert-OH is 1. The first kappa shape index (κ1) is 39.3. The number of fused-ring (bicyclic) bond motifs is 1. The van der Waals surface area contributed by atoms with E-state index < -0.39 is 74.3 Å². The number of nitrogens with zero attached hydrogens (tertiary/aromatic N) is 5. The summed E-state index contributed by atoms with van der Waals surface area (Å²) in [6.07, 6.45) is -2.09. The summed E-state index contributed by atoms with van der Waals surface area (Å²) >= 11 is 6.33. The number of benzene rings is 1. The topological polar surface area (TPSA) is 222 Å². The number of anilines is 1. The van der Waals surface area contributed by atoms with Gasteiger partial charge in [0.15, 0.2) is 35.5 Å². The lowest BCUT2D eigenvalue weighted by molar-refractivity contribution is -0.160. The minimum atomic E-state index is -4.20. The normalized spacial score (nSPS) is 22.3. The maximum Gasteiger partial charge on any atom is 0.338 e. The number of para-hydroxylation sites is 1. The number of hydrogen-bond acceptors (Lipinski definition) is 14. The highest BCUT2D eigenvalue weighted by atomic mass is 35.5. The van der Waals surface area contributed by atoms with E-state index in [0.717, 1.165) is 25.7 Å². The summed E-state index contributed by atoms with van der Waals surface area (Å²) in [7, 11) is -2.78. The molecule has 2 fully saturated rings. The van der Waals surface area contributed by atoms with Crippen molar-refractivity contribution in [3.8, 4) is 5.75 Å². The molecule has 1 aliphatic heterocycles. The van der Waals surface area contributed by atoms with E-state index in [-0.39, 0.29) is 29.3 Å². The van der Waals surface area contributed by atoms with Gasteiger partial charge in [-0.25, -0.2) is 14.9 Å². The number of carbonyl (C=O) groups excluding carboxylic acids is 3. The quantitative estimate of drug-likeness (QED) is 0.0755. The molecule has 19 heteroatoms. The Bertz CT molecular complexity index is 1770. The molecule has 3 heterocycles. The first-order chi connectivity index (χ1) is 24.6. The van der Waals surface area contributed by atoms with Gasteiger partial charge in [0.05, 0.1) is 24.9 Å². The van der Waals surface area contributed by atoms with Gasteiger partial charge in [-0.2, -0.15) is 9.97 Å². The second-order valence-electron chi connectivity index (χ2n) is 13.5. The van der Waals surface area contributed by atoms with Crippen LogP contribution in [0.15, 0.2) is 36.7 Å². The molecule has 0 spiro atoms. The van der Waals surface area contributed by atoms with E-state index in [1.807, 2.05) is 0 Å². The average Bonchev–Trinajstić information content (AvgIpc) is 3.81. The maximum atomic E-state index is 14.1. The van der Waals surface area contributed by atoms with Gasteiger partial charge in [0.2, 0.25) is 11.2 Å². The highest BCUT2D eigenvalue weighted by Gasteiger charge is 2.49. The number of amides is 1. The molecule has 2 unspecified atom stereocenters. The van der Waals surface area contributed by atoms with E-state index in [9.17, 15) is 24.1 Å². The van der Waals surface area contributed by atoms with E-state index in [0.29, 0.717) is 11.3 Å². The molecule has 1 aromatic carbocycles. The largest absolute Gasteiger partial charge is 0.461 e. The van der Waals surface area contributed by atoms with Crippen LogP contribution in [0.3, 0.4) is 0 Å². The Morgan fingerprint density at radius 1 is 1.13 bits per heavy atom. The molecule has 0 bridgehead atoms. The minimum absolute atomic E-state index is 0.0418. The van der Waals surface area contributed by atoms with Crippen LogP contribution in [0.4, 0.5) is 5.82 Å². The van der Waals surface area contributed by atoms with Gasteiger partial charge in [-0.05, 0) is 50.4 Å². The lowest BCUT2D eigenvalue weighted by Gasteiger charge is -2.28. The molecule has 1 saturated carbocycles. The molecule has 6 atom stereocenters.